The molecule has 4 nitrogen and oxygen atoms in total. The van der Waals surface area contributed by atoms with Crippen LogP contribution in [-0.4, -0.2) is 32.2 Å². The molecule has 1 aliphatic rings. The first kappa shape index (κ1) is 18.7. The molecule has 0 radical (unpaired) electrons. The van der Waals surface area contributed by atoms with Gasteiger partial charge in [0.15, 0.2) is 0 Å². The first-order chi connectivity index (χ1) is 12.7. The number of aryl methyl sites for hydroxylation is 1. The number of halogens is 1. The Labute approximate surface area is 160 Å². The largest absolute Gasteiger partial charge is 0.378 e. The first-order valence-electron chi connectivity index (χ1n) is 9.13. The molecular weight excluding hydrogens is 348 g/mol. The van der Waals surface area contributed by atoms with E-state index in [4.69, 9.17) is 16.3 Å². The molecule has 1 fully saturated rings. The van der Waals surface area contributed by atoms with Crippen molar-refractivity contribution in [1.82, 2.24) is 5.32 Å². The Morgan fingerprint density at radius 3 is 2.35 bits per heavy atom. The van der Waals surface area contributed by atoms with Crippen LogP contribution in [0.4, 0.5) is 5.69 Å². The summed E-state index contributed by atoms with van der Waals surface area (Å²) in [5.41, 5.74) is 3.54. The molecule has 3 rings (SSSR count). The van der Waals surface area contributed by atoms with E-state index in [1.807, 2.05) is 24.3 Å². The molecule has 1 aliphatic heterocycles. The Balaban J connectivity index is 1.37. The van der Waals surface area contributed by atoms with E-state index < -0.39 is 0 Å². The van der Waals surface area contributed by atoms with Crippen LogP contribution < -0.4 is 10.2 Å². The number of carbonyl (C=O) groups excluding carboxylic acids is 1. The Kier molecular flexibility index (Phi) is 6.92. The maximum absolute atomic E-state index is 12.0. The molecule has 0 aliphatic carbocycles. The first-order valence-corrected chi connectivity index (χ1v) is 9.51. The predicted molar refractivity (Wildman–Crippen MR) is 106 cm³/mol. The van der Waals surface area contributed by atoms with E-state index in [0.29, 0.717) is 13.0 Å². The number of nitrogens with one attached hydrogen (secondary N) is 1. The molecule has 1 heterocycles. The Bertz CT molecular complexity index is 695. The molecule has 26 heavy (non-hydrogen) atoms. The molecule has 1 saturated heterocycles. The molecule has 138 valence electrons. The number of benzene rings is 2. The van der Waals surface area contributed by atoms with Crippen LogP contribution in [0.2, 0.25) is 5.02 Å². The molecule has 0 saturated carbocycles. The van der Waals surface area contributed by atoms with Crippen LogP contribution in [0.15, 0.2) is 48.5 Å². The van der Waals surface area contributed by atoms with Crippen LogP contribution in [0, 0.1) is 0 Å². The van der Waals surface area contributed by atoms with Gasteiger partial charge in [-0.15, -0.1) is 0 Å². The van der Waals surface area contributed by atoms with Crippen molar-refractivity contribution in [2.45, 2.75) is 25.8 Å². The molecule has 2 aromatic carbocycles. The van der Waals surface area contributed by atoms with E-state index in [2.05, 4.69) is 34.5 Å². The molecule has 0 unspecified atom stereocenters. The number of anilines is 1. The summed E-state index contributed by atoms with van der Waals surface area (Å²) < 4.78 is 5.38. The summed E-state index contributed by atoms with van der Waals surface area (Å²) in [6.07, 6.45) is 2.26. The highest BCUT2D eigenvalue weighted by atomic mass is 35.5. The monoisotopic (exact) mass is 372 g/mol. The van der Waals surface area contributed by atoms with E-state index >= 15 is 0 Å². The zero-order valence-corrected chi connectivity index (χ0v) is 15.7. The minimum atomic E-state index is 0.0937. The second-order valence-corrected chi connectivity index (χ2v) is 6.96. The summed E-state index contributed by atoms with van der Waals surface area (Å²) in [7, 11) is 0. The van der Waals surface area contributed by atoms with Crippen molar-refractivity contribution in [1.29, 1.82) is 0 Å². The van der Waals surface area contributed by atoms with Crippen LogP contribution in [0.25, 0.3) is 0 Å². The van der Waals surface area contributed by atoms with E-state index in [-0.39, 0.29) is 5.91 Å². The van der Waals surface area contributed by atoms with E-state index in [1.54, 1.807) is 0 Å². The SMILES string of the molecule is O=C(CCCc1ccc(Cl)cc1)NCc1ccc(N2CCOCC2)cc1. The van der Waals surface area contributed by atoms with Crippen LogP contribution in [0.3, 0.4) is 0 Å². The average Bonchev–Trinajstić information content (AvgIpc) is 2.69. The number of rotatable bonds is 7. The lowest BCUT2D eigenvalue weighted by atomic mass is 10.1. The topological polar surface area (TPSA) is 41.6 Å². The maximum Gasteiger partial charge on any atom is 0.220 e. The van der Waals surface area contributed by atoms with Gasteiger partial charge in [-0.2, -0.15) is 0 Å². The lowest BCUT2D eigenvalue weighted by molar-refractivity contribution is -0.121. The van der Waals surface area contributed by atoms with Gasteiger partial charge in [0.1, 0.15) is 0 Å². The lowest BCUT2D eigenvalue weighted by Crippen LogP contribution is -2.36. The second-order valence-electron chi connectivity index (χ2n) is 6.52. The third-order valence-electron chi connectivity index (χ3n) is 4.58. The molecule has 5 heteroatoms. The normalized spacial score (nSPS) is 14.3. The van der Waals surface area contributed by atoms with Gasteiger partial charge in [0.05, 0.1) is 13.2 Å². The van der Waals surface area contributed by atoms with Crippen molar-refractivity contribution >= 4 is 23.2 Å². The lowest BCUT2D eigenvalue weighted by Gasteiger charge is -2.28. The maximum atomic E-state index is 12.0. The fraction of sp³-hybridized carbons (Fsp3) is 0.381. The van der Waals surface area contributed by atoms with Gasteiger partial charge in [-0.1, -0.05) is 35.9 Å². The molecule has 2 aromatic rings. The minimum absolute atomic E-state index is 0.0937. The summed E-state index contributed by atoms with van der Waals surface area (Å²) >= 11 is 5.88. The van der Waals surface area contributed by atoms with Crippen molar-refractivity contribution in [2.75, 3.05) is 31.2 Å². The number of amides is 1. The highest BCUT2D eigenvalue weighted by Gasteiger charge is 2.10. The Morgan fingerprint density at radius 2 is 1.65 bits per heavy atom. The summed E-state index contributed by atoms with van der Waals surface area (Å²) in [6, 6.07) is 16.2. The van der Waals surface area contributed by atoms with Gasteiger partial charge in [-0.3, -0.25) is 4.79 Å². The third kappa shape index (κ3) is 5.75. The molecule has 1 amide bonds. The van der Waals surface area contributed by atoms with Gasteiger partial charge in [0.2, 0.25) is 5.91 Å². The second kappa shape index (κ2) is 9.60. The molecule has 0 aromatic heterocycles. The molecular formula is C21H25ClN2O2. The van der Waals surface area contributed by atoms with Gasteiger partial charge in [-0.25, -0.2) is 0 Å². The zero-order chi connectivity index (χ0) is 18.2. The molecule has 0 bridgehead atoms. The van der Waals surface area contributed by atoms with Gasteiger partial charge in [0, 0.05) is 36.8 Å². The van der Waals surface area contributed by atoms with Crippen molar-refractivity contribution < 1.29 is 9.53 Å². The molecule has 0 atom stereocenters. The van der Waals surface area contributed by atoms with Crippen molar-refractivity contribution in [3.05, 3.63) is 64.7 Å². The highest BCUT2D eigenvalue weighted by molar-refractivity contribution is 6.30. The number of nitrogens with zero attached hydrogens (tertiary/aromatic N) is 1. The van der Waals surface area contributed by atoms with Crippen LogP contribution in [-0.2, 0) is 22.5 Å². The smallest absolute Gasteiger partial charge is 0.220 e. The standard InChI is InChI=1S/C21H25ClN2O2/c22-19-8-4-17(5-9-19)2-1-3-21(25)23-16-18-6-10-20(11-7-18)24-12-14-26-15-13-24/h4-11H,1-3,12-16H2,(H,23,25). The Hall–Kier alpha value is -2.04. The summed E-state index contributed by atoms with van der Waals surface area (Å²) in [4.78, 5) is 14.3. The predicted octanol–water partition coefficient (Wildman–Crippen LogP) is 3.82. The van der Waals surface area contributed by atoms with Gasteiger partial charge in [-0.05, 0) is 48.2 Å². The third-order valence-corrected chi connectivity index (χ3v) is 4.84. The van der Waals surface area contributed by atoms with E-state index in [1.165, 1.54) is 11.3 Å². The van der Waals surface area contributed by atoms with Crippen molar-refractivity contribution in [2.24, 2.45) is 0 Å². The van der Waals surface area contributed by atoms with Crippen LogP contribution in [0.5, 0.6) is 0 Å². The van der Waals surface area contributed by atoms with Gasteiger partial charge in [0.25, 0.3) is 0 Å². The number of morpholine rings is 1. The quantitative estimate of drug-likeness (QED) is 0.803. The summed E-state index contributed by atoms with van der Waals surface area (Å²) in [5.74, 6) is 0.0937. The van der Waals surface area contributed by atoms with E-state index in [0.717, 1.165) is 49.7 Å². The number of carbonyl (C=O) groups is 1. The number of hydrogen-bond donors (Lipinski definition) is 1. The van der Waals surface area contributed by atoms with Gasteiger partial charge >= 0.3 is 0 Å². The average molecular weight is 373 g/mol. The zero-order valence-electron chi connectivity index (χ0n) is 14.9. The van der Waals surface area contributed by atoms with Gasteiger partial charge < -0.3 is 15.0 Å². The number of hydrogen-bond acceptors (Lipinski definition) is 3. The minimum Gasteiger partial charge on any atom is -0.378 e. The molecule has 1 N–H and O–H groups in total. The van der Waals surface area contributed by atoms with Crippen LogP contribution in [0.1, 0.15) is 24.0 Å². The fourth-order valence-corrected chi connectivity index (χ4v) is 3.17. The Morgan fingerprint density at radius 1 is 1.00 bits per heavy atom. The van der Waals surface area contributed by atoms with Crippen LogP contribution >= 0.6 is 11.6 Å². The molecule has 0 spiro atoms. The summed E-state index contributed by atoms with van der Waals surface area (Å²) in [5, 5.41) is 3.74. The van der Waals surface area contributed by atoms with E-state index in [9.17, 15) is 4.79 Å². The van der Waals surface area contributed by atoms with Crippen molar-refractivity contribution in [3.63, 3.8) is 0 Å². The fourth-order valence-electron chi connectivity index (χ4n) is 3.04. The van der Waals surface area contributed by atoms with Crippen molar-refractivity contribution in [3.8, 4) is 0 Å². The summed E-state index contributed by atoms with van der Waals surface area (Å²) in [6.45, 7) is 4.01. The number of ether oxygens (including phenoxy) is 1. The highest BCUT2D eigenvalue weighted by Crippen LogP contribution is 2.16.